The van der Waals surface area contributed by atoms with Gasteiger partial charge in [0, 0.05) is 5.92 Å². The van der Waals surface area contributed by atoms with Crippen LogP contribution in [-0.4, -0.2) is 0 Å². The highest BCUT2D eigenvalue weighted by Crippen LogP contribution is 2.38. The summed E-state index contributed by atoms with van der Waals surface area (Å²) in [6, 6.07) is 0. The van der Waals surface area contributed by atoms with Crippen molar-refractivity contribution < 1.29 is 0 Å². The fourth-order valence-corrected chi connectivity index (χ4v) is 2.52. The lowest BCUT2D eigenvalue weighted by atomic mass is 9.71. The molecule has 0 aromatic heterocycles. The van der Waals surface area contributed by atoms with Gasteiger partial charge in [-0.1, -0.05) is 77.7 Å². The Labute approximate surface area is 116 Å². The average molecular weight is 250 g/mol. The number of rotatable bonds is 9. The summed E-state index contributed by atoms with van der Waals surface area (Å²) in [5.74, 6) is 0.615. The van der Waals surface area contributed by atoms with Crippen molar-refractivity contribution in [1.29, 1.82) is 0 Å². The Kier molecular flexibility index (Phi) is 9.14. The smallest absolute Gasteiger partial charge is 0.00277 e. The molecule has 18 heavy (non-hydrogen) atoms. The van der Waals surface area contributed by atoms with Crippen LogP contribution in [0.5, 0.6) is 0 Å². The van der Waals surface area contributed by atoms with Gasteiger partial charge in [-0.3, -0.25) is 0 Å². The Morgan fingerprint density at radius 3 is 2.22 bits per heavy atom. The maximum absolute atomic E-state index is 2.47. The second-order valence-electron chi connectivity index (χ2n) is 5.99. The lowest BCUT2D eigenvalue weighted by molar-refractivity contribution is 0.274. The van der Waals surface area contributed by atoms with Crippen LogP contribution in [0.25, 0.3) is 0 Å². The maximum atomic E-state index is 2.47. The van der Waals surface area contributed by atoms with Gasteiger partial charge in [0.25, 0.3) is 0 Å². The van der Waals surface area contributed by atoms with Crippen LogP contribution in [0.4, 0.5) is 0 Å². The van der Waals surface area contributed by atoms with Crippen molar-refractivity contribution in [1.82, 2.24) is 0 Å². The first kappa shape index (κ1) is 17.5. The van der Waals surface area contributed by atoms with Crippen LogP contribution in [-0.2, 0) is 0 Å². The molecule has 0 aromatic rings. The molecule has 0 radical (unpaired) electrons. The summed E-state index contributed by atoms with van der Waals surface area (Å²) in [6.45, 7) is 13.8. The van der Waals surface area contributed by atoms with E-state index in [0.717, 1.165) is 6.42 Å². The van der Waals surface area contributed by atoms with Gasteiger partial charge < -0.3 is 0 Å². The SMILES string of the molecule is CC=CC(C(=CCC)CCCCC)C(C)(C)CC. The molecule has 0 heteroatoms. The van der Waals surface area contributed by atoms with Crippen molar-refractivity contribution >= 4 is 0 Å². The van der Waals surface area contributed by atoms with Crippen molar-refractivity contribution in [3.8, 4) is 0 Å². The zero-order chi connectivity index (χ0) is 14.0. The van der Waals surface area contributed by atoms with Gasteiger partial charge in [0.1, 0.15) is 0 Å². The largest absolute Gasteiger partial charge is 0.0910 e. The summed E-state index contributed by atoms with van der Waals surface area (Å²) >= 11 is 0. The van der Waals surface area contributed by atoms with Gasteiger partial charge in [0.15, 0.2) is 0 Å². The Balaban J connectivity index is 4.94. The fraction of sp³-hybridized carbons (Fsp3) is 0.778. The molecule has 0 N–H and O–H groups in total. The second kappa shape index (κ2) is 9.42. The van der Waals surface area contributed by atoms with Gasteiger partial charge in [0.2, 0.25) is 0 Å². The van der Waals surface area contributed by atoms with E-state index in [-0.39, 0.29) is 0 Å². The van der Waals surface area contributed by atoms with Gasteiger partial charge in [-0.25, -0.2) is 0 Å². The Morgan fingerprint density at radius 2 is 1.78 bits per heavy atom. The van der Waals surface area contributed by atoms with Crippen LogP contribution in [0.1, 0.15) is 80.1 Å². The first-order chi connectivity index (χ1) is 8.53. The molecular formula is C18H34. The molecule has 0 aliphatic heterocycles. The van der Waals surface area contributed by atoms with Crippen LogP contribution >= 0.6 is 0 Å². The molecule has 0 saturated carbocycles. The zero-order valence-electron chi connectivity index (χ0n) is 13.6. The minimum absolute atomic E-state index is 0.375. The standard InChI is InChI=1S/C18H34/c1-7-11-12-15-16(13-8-2)17(14-9-3)18(5,6)10-4/h9,13-14,17H,7-8,10-12,15H2,1-6H3. The molecule has 106 valence electrons. The van der Waals surface area contributed by atoms with Crippen molar-refractivity contribution in [3.63, 3.8) is 0 Å². The number of hydrogen-bond donors (Lipinski definition) is 0. The predicted octanol–water partition coefficient (Wildman–Crippen LogP) is 6.53. The lowest BCUT2D eigenvalue weighted by Crippen LogP contribution is -2.23. The van der Waals surface area contributed by atoms with Crippen molar-refractivity contribution in [2.24, 2.45) is 11.3 Å². The van der Waals surface area contributed by atoms with Crippen LogP contribution in [0.2, 0.25) is 0 Å². The van der Waals surface area contributed by atoms with E-state index in [2.05, 4.69) is 59.8 Å². The van der Waals surface area contributed by atoms with Gasteiger partial charge in [0.05, 0.1) is 0 Å². The van der Waals surface area contributed by atoms with E-state index < -0.39 is 0 Å². The average Bonchev–Trinajstić information content (AvgIpc) is 2.35. The summed E-state index contributed by atoms with van der Waals surface area (Å²) in [5, 5.41) is 0. The third kappa shape index (κ3) is 5.89. The predicted molar refractivity (Wildman–Crippen MR) is 84.9 cm³/mol. The van der Waals surface area contributed by atoms with E-state index in [0.29, 0.717) is 11.3 Å². The molecule has 0 heterocycles. The van der Waals surface area contributed by atoms with Crippen molar-refractivity contribution in [3.05, 3.63) is 23.8 Å². The summed E-state index contributed by atoms with van der Waals surface area (Å²) in [4.78, 5) is 0. The number of allylic oxidation sites excluding steroid dienone is 4. The molecular weight excluding hydrogens is 216 g/mol. The molecule has 0 spiro atoms. The highest BCUT2D eigenvalue weighted by Gasteiger charge is 2.27. The first-order valence-corrected chi connectivity index (χ1v) is 7.85. The third-order valence-electron chi connectivity index (χ3n) is 4.07. The van der Waals surface area contributed by atoms with Crippen LogP contribution in [0.3, 0.4) is 0 Å². The highest BCUT2D eigenvalue weighted by atomic mass is 14.3. The van der Waals surface area contributed by atoms with Gasteiger partial charge in [-0.2, -0.15) is 0 Å². The number of hydrogen-bond acceptors (Lipinski definition) is 0. The molecule has 0 aromatic carbocycles. The van der Waals surface area contributed by atoms with Gasteiger partial charge >= 0.3 is 0 Å². The summed E-state index contributed by atoms with van der Waals surface area (Å²) in [7, 11) is 0. The molecule has 1 atom stereocenters. The first-order valence-electron chi connectivity index (χ1n) is 7.85. The molecule has 1 unspecified atom stereocenters. The normalized spacial score (nSPS) is 15.3. The summed E-state index contributed by atoms with van der Waals surface area (Å²) in [5.41, 5.74) is 2.04. The monoisotopic (exact) mass is 250 g/mol. The van der Waals surface area contributed by atoms with Gasteiger partial charge in [-0.05, 0) is 31.6 Å². The second-order valence-corrected chi connectivity index (χ2v) is 5.99. The third-order valence-corrected chi connectivity index (χ3v) is 4.07. The highest BCUT2D eigenvalue weighted by molar-refractivity contribution is 5.17. The Bertz CT molecular complexity index is 255. The molecule has 0 amide bonds. The minimum Gasteiger partial charge on any atom is -0.0910 e. The topological polar surface area (TPSA) is 0 Å². The molecule has 0 bridgehead atoms. The molecule has 0 saturated heterocycles. The van der Waals surface area contributed by atoms with E-state index in [9.17, 15) is 0 Å². The zero-order valence-corrected chi connectivity index (χ0v) is 13.6. The fourth-order valence-electron chi connectivity index (χ4n) is 2.52. The van der Waals surface area contributed by atoms with E-state index in [1.807, 2.05) is 0 Å². The van der Waals surface area contributed by atoms with E-state index in [1.54, 1.807) is 5.57 Å². The Hall–Kier alpha value is -0.520. The van der Waals surface area contributed by atoms with E-state index in [1.165, 1.54) is 32.1 Å². The maximum Gasteiger partial charge on any atom is 0.00277 e. The van der Waals surface area contributed by atoms with Gasteiger partial charge in [-0.15, -0.1) is 0 Å². The Morgan fingerprint density at radius 1 is 1.11 bits per heavy atom. The van der Waals surface area contributed by atoms with Crippen molar-refractivity contribution in [2.75, 3.05) is 0 Å². The lowest BCUT2D eigenvalue weighted by Gasteiger charge is -2.34. The molecule has 0 nitrogen and oxygen atoms in total. The van der Waals surface area contributed by atoms with Crippen LogP contribution in [0.15, 0.2) is 23.8 Å². The quantitative estimate of drug-likeness (QED) is 0.322. The molecule has 0 fully saturated rings. The summed E-state index contributed by atoms with van der Waals surface area (Å²) in [6.07, 6.45) is 14.8. The van der Waals surface area contributed by atoms with Crippen LogP contribution < -0.4 is 0 Å². The molecule has 0 aliphatic rings. The summed E-state index contributed by atoms with van der Waals surface area (Å²) < 4.78 is 0. The van der Waals surface area contributed by atoms with Crippen molar-refractivity contribution in [2.45, 2.75) is 80.1 Å². The van der Waals surface area contributed by atoms with Crippen LogP contribution in [0, 0.1) is 11.3 Å². The van der Waals surface area contributed by atoms with E-state index in [4.69, 9.17) is 0 Å². The minimum atomic E-state index is 0.375. The van der Waals surface area contributed by atoms with E-state index >= 15 is 0 Å². The molecule has 0 rings (SSSR count). The number of unbranched alkanes of at least 4 members (excludes halogenated alkanes) is 2. The molecule has 0 aliphatic carbocycles.